The maximum atomic E-state index is 11.3. The average molecular weight is 280 g/mol. The Bertz CT molecular complexity index is 443. The molecule has 0 saturated heterocycles. The minimum atomic E-state index is -0.955. The second-order valence-corrected chi connectivity index (χ2v) is 4.47. The van der Waals surface area contributed by atoms with Crippen LogP contribution in [0.4, 0.5) is 0 Å². The van der Waals surface area contributed by atoms with Crippen LogP contribution in [0.3, 0.4) is 0 Å². The summed E-state index contributed by atoms with van der Waals surface area (Å²) in [6, 6.07) is 6.25. The van der Waals surface area contributed by atoms with Gasteiger partial charge in [-0.05, 0) is 24.3 Å². The van der Waals surface area contributed by atoms with Crippen LogP contribution in [0.25, 0.3) is 0 Å². The van der Waals surface area contributed by atoms with Crippen LogP contribution in [-0.2, 0) is 4.79 Å². The van der Waals surface area contributed by atoms with Crippen molar-refractivity contribution in [3.63, 3.8) is 0 Å². The molecule has 1 aromatic carbocycles. The van der Waals surface area contributed by atoms with Crippen LogP contribution in [0.2, 0.25) is 0 Å². The largest absolute Gasteiger partial charge is 0.492 e. The van der Waals surface area contributed by atoms with Gasteiger partial charge < -0.3 is 20.1 Å². The molecule has 2 N–H and O–H groups in total. The van der Waals surface area contributed by atoms with Gasteiger partial charge in [-0.3, -0.25) is 4.79 Å². The van der Waals surface area contributed by atoms with E-state index in [1.54, 1.807) is 31.1 Å². The number of aromatic carboxylic acids is 1. The zero-order valence-corrected chi connectivity index (χ0v) is 11.8. The molecule has 1 aromatic rings. The number of hydrogen-bond donors (Lipinski definition) is 2. The van der Waals surface area contributed by atoms with Crippen LogP contribution in [-0.4, -0.2) is 55.7 Å². The topological polar surface area (TPSA) is 78.9 Å². The van der Waals surface area contributed by atoms with Crippen molar-refractivity contribution in [1.29, 1.82) is 0 Å². The normalized spacial score (nSPS) is 10.1. The highest BCUT2D eigenvalue weighted by atomic mass is 16.5. The van der Waals surface area contributed by atoms with Crippen molar-refractivity contribution < 1.29 is 19.4 Å². The van der Waals surface area contributed by atoms with Crippen molar-refractivity contribution in [1.82, 2.24) is 10.2 Å². The second-order valence-electron chi connectivity index (χ2n) is 4.47. The summed E-state index contributed by atoms with van der Waals surface area (Å²) in [6.45, 7) is 1.70. The quantitative estimate of drug-likeness (QED) is 0.690. The lowest BCUT2D eigenvalue weighted by Gasteiger charge is -2.11. The van der Waals surface area contributed by atoms with E-state index in [1.807, 2.05) is 0 Å². The van der Waals surface area contributed by atoms with Crippen LogP contribution >= 0.6 is 0 Å². The van der Waals surface area contributed by atoms with Crippen LogP contribution in [0.1, 0.15) is 16.8 Å². The van der Waals surface area contributed by atoms with Gasteiger partial charge in [0.2, 0.25) is 5.91 Å². The van der Waals surface area contributed by atoms with Gasteiger partial charge in [0.05, 0.1) is 5.56 Å². The van der Waals surface area contributed by atoms with Crippen molar-refractivity contribution in [2.75, 3.05) is 33.8 Å². The van der Waals surface area contributed by atoms with E-state index in [4.69, 9.17) is 9.84 Å². The highest BCUT2D eigenvalue weighted by Gasteiger charge is 2.03. The monoisotopic (exact) mass is 280 g/mol. The molecule has 0 spiro atoms. The molecule has 0 aliphatic rings. The van der Waals surface area contributed by atoms with Gasteiger partial charge >= 0.3 is 5.97 Å². The first-order chi connectivity index (χ1) is 9.50. The molecule has 0 aromatic heterocycles. The zero-order valence-electron chi connectivity index (χ0n) is 11.8. The van der Waals surface area contributed by atoms with E-state index in [9.17, 15) is 9.59 Å². The molecular weight excluding hydrogens is 260 g/mol. The highest BCUT2D eigenvalue weighted by Crippen LogP contribution is 2.11. The predicted octanol–water partition coefficient (Wildman–Crippen LogP) is 0.831. The van der Waals surface area contributed by atoms with E-state index in [0.717, 1.165) is 0 Å². The van der Waals surface area contributed by atoms with Crippen molar-refractivity contribution in [3.05, 3.63) is 29.8 Å². The lowest BCUT2D eigenvalue weighted by Crippen LogP contribution is -2.28. The van der Waals surface area contributed by atoms with Crippen LogP contribution in [0, 0.1) is 0 Å². The maximum Gasteiger partial charge on any atom is 0.335 e. The van der Waals surface area contributed by atoms with Crippen molar-refractivity contribution >= 4 is 11.9 Å². The molecule has 6 heteroatoms. The Hall–Kier alpha value is -2.08. The third-order valence-corrected chi connectivity index (χ3v) is 2.66. The molecule has 1 amide bonds. The summed E-state index contributed by atoms with van der Waals surface area (Å²) in [7, 11) is 3.46. The van der Waals surface area contributed by atoms with Crippen molar-refractivity contribution in [3.8, 4) is 5.75 Å². The van der Waals surface area contributed by atoms with Gasteiger partial charge in [-0.15, -0.1) is 0 Å². The molecule has 0 aliphatic heterocycles. The van der Waals surface area contributed by atoms with Crippen molar-refractivity contribution in [2.45, 2.75) is 6.42 Å². The molecule has 0 heterocycles. The van der Waals surface area contributed by atoms with Gasteiger partial charge in [-0.1, -0.05) is 0 Å². The SMILES string of the molecule is CN(C)C(=O)CCNCCOc1ccc(C(=O)O)cc1. The Labute approximate surface area is 118 Å². The lowest BCUT2D eigenvalue weighted by atomic mass is 10.2. The molecule has 110 valence electrons. The van der Waals surface area contributed by atoms with E-state index in [2.05, 4.69) is 5.32 Å². The Morgan fingerprint density at radius 1 is 1.20 bits per heavy atom. The Morgan fingerprint density at radius 2 is 1.85 bits per heavy atom. The molecule has 1 rings (SSSR count). The molecule has 0 aliphatic carbocycles. The average Bonchev–Trinajstić information content (AvgIpc) is 2.42. The Balaban J connectivity index is 2.15. The summed E-state index contributed by atoms with van der Waals surface area (Å²) < 4.78 is 5.44. The minimum absolute atomic E-state index is 0.0858. The number of amides is 1. The third-order valence-electron chi connectivity index (χ3n) is 2.66. The minimum Gasteiger partial charge on any atom is -0.492 e. The number of nitrogens with one attached hydrogen (secondary N) is 1. The summed E-state index contributed by atoms with van der Waals surface area (Å²) in [5.74, 6) is -0.243. The molecule has 6 nitrogen and oxygen atoms in total. The standard InChI is InChI=1S/C14H20N2O4/c1-16(2)13(17)7-8-15-9-10-20-12-5-3-11(4-6-12)14(18)19/h3-6,15H,7-10H2,1-2H3,(H,18,19). The van der Waals surface area contributed by atoms with Gasteiger partial charge in [0.25, 0.3) is 0 Å². The smallest absolute Gasteiger partial charge is 0.335 e. The predicted molar refractivity (Wildman–Crippen MR) is 75.1 cm³/mol. The van der Waals surface area contributed by atoms with Gasteiger partial charge in [-0.25, -0.2) is 4.79 Å². The first-order valence-corrected chi connectivity index (χ1v) is 6.37. The van der Waals surface area contributed by atoms with Gasteiger partial charge in [-0.2, -0.15) is 0 Å². The summed E-state index contributed by atoms with van der Waals surface area (Å²) in [5.41, 5.74) is 0.234. The molecular formula is C14H20N2O4. The number of rotatable bonds is 8. The second kappa shape index (κ2) is 8.16. The van der Waals surface area contributed by atoms with Crippen LogP contribution in [0.15, 0.2) is 24.3 Å². The first kappa shape index (κ1) is 16.0. The van der Waals surface area contributed by atoms with E-state index in [0.29, 0.717) is 31.9 Å². The van der Waals surface area contributed by atoms with Gasteiger partial charge in [0, 0.05) is 33.6 Å². The number of carboxylic acid groups (broad SMARTS) is 1. The van der Waals surface area contributed by atoms with Gasteiger partial charge in [0.1, 0.15) is 12.4 Å². The lowest BCUT2D eigenvalue weighted by molar-refractivity contribution is -0.128. The fourth-order valence-electron chi connectivity index (χ4n) is 1.48. The zero-order chi connectivity index (χ0) is 15.0. The maximum absolute atomic E-state index is 11.3. The van der Waals surface area contributed by atoms with Crippen LogP contribution < -0.4 is 10.1 Å². The van der Waals surface area contributed by atoms with E-state index in [1.165, 1.54) is 12.1 Å². The first-order valence-electron chi connectivity index (χ1n) is 6.37. The summed E-state index contributed by atoms with van der Waals surface area (Å²) in [4.78, 5) is 23.5. The number of carbonyl (C=O) groups is 2. The van der Waals surface area contributed by atoms with Crippen molar-refractivity contribution in [2.24, 2.45) is 0 Å². The molecule has 0 saturated carbocycles. The number of nitrogens with zero attached hydrogens (tertiary/aromatic N) is 1. The van der Waals surface area contributed by atoms with Gasteiger partial charge in [0.15, 0.2) is 0 Å². The Kier molecular flexibility index (Phi) is 6.52. The molecule has 0 bridgehead atoms. The van der Waals surface area contributed by atoms with E-state index < -0.39 is 5.97 Å². The molecule has 0 atom stereocenters. The number of carboxylic acids is 1. The fraction of sp³-hybridized carbons (Fsp3) is 0.429. The molecule has 0 radical (unpaired) electrons. The number of benzene rings is 1. The molecule has 0 fully saturated rings. The molecule has 20 heavy (non-hydrogen) atoms. The third kappa shape index (κ3) is 5.71. The highest BCUT2D eigenvalue weighted by molar-refractivity contribution is 5.87. The number of hydrogen-bond acceptors (Lipinski definition) is 4. The Morgan fingerprint density at radius 3 is 2.40 bits per heavy atom. The fourth-order valence-corrected chi connectivity index (χ4v) is 1.48. The molecule has 0 unspecified atom stereocenters. The van der Waals surface area contributed by atoms with E-state index in [-0.39, 0.29) is 11.5 Å². The number of ether oxygens (including phenoxy) is 1. The van der Waals surface area contributed by atoms with E-state index >= 15 is 0 Å². The van der Waals surface area contributed by atoms with Crippen LogP contribution in [0.5, 0.6) is 5.75 Å². The summed E-state index contributed by atoms with van der Waals surface area (Å²) in [5, 5.41) is 11.9. The summed E-state index contributed by atoms with van der Waals surface area (Å²) >= 11 is 0. The summed E-state index contributed by atoms with van der Waals surface area (Å²) in [6.07, 6.45) is 0.459. The number of carbonyl (C=O) groups excluding carboxylic acids is 1.